The Hall–Kier alpha value is -5.80. The molecule has 366 valence electrons. The number of hydrogen-bond acceptors (Lipinski definition) is 11. The van der Waals surface area contributed by atoms with Crippen LogP contribution in [0.2, 0.25) is 0 Å². The molecule has 2 aromatic heterocycles. The number of nitrogen functional groups attached to an aromatic ring is 1. The second-order valence-corrected chi connectivity index (χ2v) is 21.3. The lowest BCUT2D eigenvalue weighted by Gasteiger charge is -2.39. The van der Waals surface area contributed by atoms with Gasteiger partial charge in [-0.15, -0.1) is 0 Å². The number of carbonyl (C=O) groups excluding carboxylic acids is 3. The van der Waals surface area contributed by atoms with Gasteiger partial charge in [0.25, 0.3) is 5.91 Å². The molecule has 7 aliphatic rings. The number of piperidine rings is 3. The first-order chi connectivity index (χ1) is 33.5. The first-order valence-electron chi connectivity index (χ1n) is 26.0. The number of likely N-dealkylation sites (tertiary alicyclic amines) is 1. The quantitative estimate of drug-likeness (QED) is 0.138. The standard InChI is InChI=1S/C54H71N11O4/c1-34(55)26-47-51(56)42(36-11-12-44-37(27-36)8-7-20-62(44)52-43-32-59(2)21-19-45(43)65(58-52)40-9-5-4-6-10-40)33-63(47)39-17-22-60(23-18-39)30-35-15-24-61(25-16-35)41-28-38-31-64(46-13-14-49(66)57-53(46)67)54(68)50(38)48(29-41)69-3/h11-12,26-29,33,35,39-40,46H,4-10,13-25,30-32,55-56H2,1-3H3,(H,57,66,67)/b34-26-. The number of imide groups is 1. The third-order valence-electron chi connectivity index (χ3n) is 16.7. The van der Waals surface area contributed by atoms with Crippen LogP contribution in [0.3, 0.4) is 0 Å². The first kappa shape index (κ1) is 45.6. The van der Waals surface area contributed by atoms with Crippen molar-refractivity contribution in [2.24, 2.45) is 11.7 Å². The van der Waals surface area contributed by atoms with Gasteiger partial charge in [0.2, 0.25) is 11.8 Å². The van der Waals surface area contributed by atoms with Crippen molar-refractivity contribution in [2.45, 2.75) is 128 Å². The average molecular weight is 938 g/mol. The molecule has 8 heterocycles. The Kier molecular flexibility index (Phi) is 12.5. The molecule has 1 unspecified atom stereocenters. The van der Waals surface area contributed by atoms with Gasteiger partial charge in [0.15, 0.2) is 5.82 Å². The molecule has 2 aromatic carbocycles. The molecule has 69 heavy (non-hydrogen) atoms. The van der Waals surface area contributed by atoms with Crippen LogP contribution in [0.1, 0.15) is 134 Å². The van der Waals surface area contributed by atoms with Gasteiger partial charge in [0.05, 0.1) is 30.1 Å². The zero-order valence-electron chi connectivity index (χ0n) is 41.0. The zero-order valence-corrected chi connectivity index (χ0v) is 41.0. The van der Waals surface area contributed by atoms with Crippen molar-refractivity contribution >= 4 is 46.7 Å². The van der Waals surface area contributed by atoms with E-state index in [1.807, 2.05) is 13.0 Å². The van der Waals surface area contributed by atoms with Crippen LogP contribution in [0.25, 0.3) is 17.2 Å². The molecule has 1 saturated carbocycles. The van der Waals surface area contributed by atoms with Crippen LogP contribution in [0, 0.1) is 5.92 Å². The molecular formula is C54H71N11O4. The largest absolute Gasteiger partial charge is 0.496 e. The summed E-state index contributed by atoms with van der Waals surface area (Å²) in [7, 11) is 3.84. The number of fused-ring (bicyclic) bond motifs is 3. The van der Waals surface area contributed by atoms with Crippen LogP contribution < -0.4 is 31.3 Å². The van der Waals surface area contributed by atoms with Crippen LogP contribution in [0.15, 0.2) is 42.2 Å². The molecule has 1 aliphatic carbocycles. The van der Waals surface area contributed by atoms with E-state index in [4.69, 9.17) is 21.3 Å². The minimum absolute atomic E-state index is 0.213. The smallest absolute Gasteiger partial charge is 0.258 e. The fourth-order valence-corrected chi connectivity index (χ4v) is 13.0. The number of benzene rings is 2. The van der Waals surface area contributed by atoms with Gasteiger partial charge in [-0.2, -0.15) is 5.10 Å². The molecular weight excluding hydrogens is 867 g/mol. The van der Waals surface area contributed by atoms with Crippen molar-refractivity contribution in [2.75, 3.05) is 75.5 Å². The minimum Gasteiger partial charge on any atom is -0.496 e. The van der Waals surface area contributed by atoms with E-state index in [1.165, 1.54) is 60.4 Å². The molecule has 1 atom stereocenters. The maximum atomic E-state index is 13.6. The number of anilines is 4. The fourth-order valence-electron chi connectivity index (χ4n) is 13.0. The molecule has 15 nitrogen and oxygen atoms in total. The normalized spacial score (nSPS) is 22.5. The molecule has 4 aromatic rings. The summed E-state index contributed by atoms with van der Waals surface area (Å²) in [4.78, 5) is 49.7. The number of methoxy groups -OCH3 is 1. The number of likely N-dealkylation sites (N-methyl/N-ethyl adjacent to an activating group) is 1. The SMILES string of the molecule is COc1cc(N2CCC(CN3CCC(n4cc(-c5ccc6c(c5)CCCN6c5nn(C6CCCCC6)c6c5CN(C)CC6)c(N)c4/C=C(/C)N)CC3)CC2)cc2c1C(=O)N(C1CCC(=O)NC1=O)C2. The topological polar surface area (TPSA) is 163 Å². The second-order valence-electron chi connectivity index (χ2n) is 21.3. The van der Waals surface area contributed by atoms with Gasteiger partial charge in [-0.3, -0.25) is 24.4 Å². The van der Waals surface area contributed by atoms with Crippen molar-refractivity contribution in [3.63, 3.8) is 0 Å². The molecule has 5 N–H and O–H groups in total. The van der Waals surface area contributed by atoms with Crippen LogP contribution in [0.5, 0.6) is 5.75 Å². The van der Waals surface area contributed by atoms with Gasteiger partial charge in [-0.05, 0) is 119 Å². The lowest BCUT2D eigenvalue weighted by molar-refractivity contribution is -0.136. The number of carbonyl (C=O) groups is 3. The maximum Gasteiger partial charge on any atom is 0.258 e. The predicted molar refractivity (Wildman–Crippen MR) is 271 cm³/mol. The predicted octanol–water partition coefficient (Wildman–Crippen LogP) is 7.15. The van der Waals surface area contributed by atoms with Crippen molar-refractivity contribution in [3.05, 3.63) is 75.9 Å². The number of rotatable bonds is 10. The van der Waals surface area contributed by atoms with Crippen molar-refractivity contribution in [3.8, 4) is 16.9 Å². The highest BCUT2D eigenvalue weighted by Crippen LogP contribution is 2.44. The van der Waals surface area contributed by atoms with E-state index in [0.29, 0.717) is 42.3 Å². The summed E-state index contributed by atoms with van der Waals surface area (Å²) >= 11 is 0. The van der Waals surface area contributed by atoms with Crippen LogP contribution in [0.4, 0.5) is 22.9 Å². The Balaban J connectivity index is 0.746. The highest BCUT2D eigenvalue weighted by molar-refractivity contribution is 6.07. The van der Waals surface area contributed by atoms with Gasteiger partial charge in [-0.1, -0.05) is 25.3 Å². The molecule has 0 bridgehead atoms. The summed E-state index contributed by atoms with van der Waals surface area (Å²) in [5.41, 5.74) is 26.3. The van der Waals surface area contributed by atoms with Crippen molar-refractivity contribution in [1.82, 2.24) is 34.4 Å². The van der Waals surface area contributed by atoms with Gasteiger partial charge in [0, 0.05) is 124 Å². The number of aryl methyl sites for hydroxylation is 1. The molecule has 3 amide bonds. The average Bonchev–Trinajstić information content (AvgIpc) is 4.01. The van der Waals surface area contributed by atoms with Gasteiger partial charge in [0.1, 0.15) is 11.8 Å². The molecule has 15 heteroatoms. The Labute approximate surface area is 406 Å². The number of nitrogens with zero attached hydrogens (tertiary/aromatic N) is 8. The minimum atomic E-state index is -0.654. The summed E-state index contributed by atoms with van der Waals surface area (Å²) < 4.78 is 10.6. The number of nitrogens with two attached hydrogens (primary N) is 2. The van der Waals surface area contributed by atoms with Crippen molar-refractivity contribution < 1.29 is 19.1 Å². The third kappa shape index (κ3) is 8.67. The Morgan fingerprint density at radius 2 is 1.65 bits per heavy atom. The number of aromatic nitrogens is 3. The fraction of sp³-hybridized carbons (Fsp3) is 0.556. The summed E-state index contributed by atoms with van der Waals surface area (Å²) in [6, 6.07) is 11.3. The zero-order chi connectivity index (χ0) is 47.5. The van der Waals surface area contributed by atoms with Crippen LogP contribution >= 0.6 is 0 Å². The summed E-state index contributed by atoms with van der Waals surface area (Å²) in [5.74, 6) is 1.41. The summed E-state index contributed by atoms with van der Waals surface area (Å²) in [5, 5.41) is 7.89. The lowest BCUT2D eigenvalue weighted by Crippen LogP contribution is -2.52. The van der Waals surface area contributed by atoms with E-state index < -0.39 is 11.9 Å². The van der Waals surface area contributed by atoms with Crippen LogP contribution in [-0.2, 0) is 35.5 Å². The van der Waals surface area contributed by atoms with Gasteiger partial charge in [-0.25, -0.2) is 0 Å². The molecule has 0 radical (unpaired) electrons. The van der Waals surface area contributed by atoms with Crippen LogP contribution in [-0.4, -0.2) is 113 Å². The first-order valence-corrected chi connectivity index (χ1v) is 26.0. The van der Waals surface area contributed by atoms with E-state index in [2.05, 4.69) is 77.8 Å². The van der Waals surface area contributed by atoms with E-state index >= 15 is 0 Å². The third-order valence-corrected chi connectivity index (χ3v) is 16.7. The van der Waals surface area contributed by atoms with E-state index in [1.54, 1.807) is 12.0 Å². The lowest BCUT2D eigenvalue weighted by atomic mass is 9.94. The Morgan fingerprint density at radius 3 is 2.41 bits per heavy atom. The van der Waals surface area contributed by atoms with E-state index in [0.717, 1.165) is 137 Å². The maximum absolute atomic E-state index is 13.6. The molecule has 4 fully saturated rings. The molecule has 0 spiro atoms. The van der Waals surface area contributed by atoms with E-state index in [-0.39, 0.29) is 18.2 Å². The molecule has 11 rings (SSSR count). The summed E-state index contributed by atoms with van der Waals surface area (Å²) in [6.07, 6.45) is 18.8. The second kappa shape index (κ2) is 18.8. The van der Waals surface area contributed by atoms with E-state index in [9.17, 15) is 14.4 Å². The van der Waals surface area contributed by atoms with Gasteiger partial charge < -0.3 is 45.3 Å². The number of amides is 3. The van der Waals surface area contributed by atoms with Crippen molar-refractivity contribution in [1.29, 1.82) is 0 Å². The number of nitrogens with one attached hydrogen (secondary N) is 1. The monoisotopic (exact) mass is 938 g/mol. The Bertz CT molecular complexity index is 2660. The Morgan fingerprint density at radius 1 is 0.855 bits per heavy atom. The summed E-state index contributed by atoms with van der Waals surface area (Å²) in [6.45, 7) is 10.3. The highest BCUT2D eigenvalue weighted by atomic mass is 16.5. The number of hydrogen-bond donors (Lipinski definition) is 3. The molecule has 6 aliphatic heterocycles. The van der Waals surface area contributed by atoms with Gasteiger partial charge >= 0.3 is 0 Å². The highest BCUT2D eigenvalue weighted by Gasteiger charge is 2.41. The number of ether oxygens (including phenoxy) is 1. The number of allylic oxidation sites excluding steroid dienone is 1. The molecule has 3 saturated heterocycles.